The van der Waals surface area contributed by atoms with E-state index in [4.69, 9.17) is 9.72 Å². The normalized spacial score (nSPS) is 24.6. The van der Waals surface area contributed by atoms with Gasteiger partial charge in [-0.2, -0.15) is 0 Å². The quantitative estimate of drug-likeness (QED) is 0.778. The molecule has 6 heteroatoms. The molecule has 1 aromatic heterocycles. The average molecular weight is 397 g/mol. The van der Waals surface area contributed by atoms with Crippen molar-refractivity contribution in [2.45, 2.75) is 50.6 Å². The third kappa shape index (κ3) is 3.86. The van der Waals surface area contributed by atoms with Gasteiger partial charge in [0.25, 0.3) is 5.56 Å². The molecule has 3 heterocycles. The van der Waals surface area contributed by atoms with Crippen molar-refractivity contribution < 1.29 is 4.74 Å². The minimum atomic E-state index is 0.164. The fourth-order valence-electron chi connectivity index (χ4n) is 5.39. The van der Waals surface area contributed by atoms with Gasteiger partial charge in [0.05, 0.1) is 30.2 Å². The van der Waals surface area contributed by atoms with Gasteiger partial charge in [0, 0.05) is 32.2 Å². The Kier molecular flexibility index (Phi) is 5.66. The second kappa shape index (κ2) is 8.54. The monoisotopic (exact) mass is 396 g/mol. The molecule has 6 nitrogen and oxygen atoms in total. The van der Waals surface area contributed by atoms with Crippen LogP contribution in [0.5, 0.6) is 0 Å². The molecule has 2 aliphatic heterocycles. The molecule has 0 spiro atoms. The lowest BCUT2D eigenvalue weighted by atomic mass is 10.1. The van der Waals surface area contributed by atoms with E-state index < -0.39 is 0 Å². The Morgan fingerprint density at radius 3 is 2.59 bits per heavy atom. The van der Waals surface area contributed by atoms with E-state index in [1.54, 1.807) is 0 Å². The number of rotatable bonds is 5. The van der Waals surface area contributed by atoms with E-state index in [9.17, 15) is 4.79 Å². The summed E-state index contributed by atoms with van der Waals surface area (Å²) in [5, 5.41) is 0.765. The van der Waals surface area contributed by atoms with E-state index in [1.165, 1.54) is 19.3 Å². The first-order chi connectivity index (χ1) is 14.3. The van der Waals surface area contributed by atoms with Gasteiger partial charge in [0.1, 0.15) is 5.82 Å². The fraction of sp³-hybridized carbons (Fsp3) is 0.652. The minimum Gasteiger partial charge on any atom is -0.379 e. The van der Waals surface area contributed by atoms with Crippen molar-refractivity contribution in [2.75, 3.05) is 45.9 Å². The molecule has 0 amide bonds. The van der Waals surface area contributed by atoms with Crippen LogP contribution in [-0.4, -0.2) is 65.3 Å². The Bertz CT molecular complexity index is 899. The number of fused-ring (bicyclic) bond motifs is 1. The molecule has 0 radical (unpaired) electrons. The lowest BCUT2D eigenvalue weighted by Crippen LogP contribution is -2.42. The van der Waals surface area contributed by atoms with Crippen LogP contribution < -0.4 is 5.56 Å². The first-order valence-electron chi connectivity index (χ1n) is 11.4. The molecule has 1 unspecified atom stereocenters. The van der Waals surface area contributed by atoms with Gasteiger partial charge in [-0.25, -0.2) is 4.98 Å². The Hall–Kier alpha value is -1.76. The zero-order valence-electron chi connectivity index (χ0n) is 17.3. The molecule has 156 valence electrons. The van der Waals surface area contributed by atoms with E-state index in [0.717, 1.165) is 81.9 Å². The van der Waals surface area contributed by atoms with Crippen molar-refractivity contribution >= 4 is 10.9 Å². The van der Waals surface area contributed by atoms with Crippen LogP contribution >= 0.6 is 0 Å². The van der Waals surface area contributed by atoms with Crippen molar-refractivity contribution in [3.63, 3.8) is 0 Å². The summed E-state index contributed by atoms with van der Waals surface area (Å²) in [6, 6.07) is 8.44. The maximum atomic E-state index is 13.5. The summed E-state index contributed by atoms with van der Waals surface area (Å²) in [6.07, 6.45) is 6.92. The lowest BCUT2D eigenvalue weighted by molar-refractivity contribution is 0.0324. The van der Waals surface area contributed by atoms with Crippen LogP contribution in [-0.2, 0) is 4.74 Å². The predicted octanol–water partition coefficient (Wildman–Crippen LogP) is 2.98. The van der Waals surface area contributed by atoms with Crippen LogP contribution in [0.25, 0.3) is 10.9 Å². The Morgan fingerprint density at radius 1 is 0.966 bits per heavy atom. The van der Waals surface area contributed by atoms with Crippen LogP contribution in [0.1, 0.15) is 56.4 Å². The lowest BCUT2D eigenvalue weighted by Gasteiger charge is -2.32. The minimum absolute atomic E-state index is 0.164. The summed E-state index contributed by atoms with van der Waals surface area (Å²) in [7, 11) is 0. The first-order valence-corrected chi connectivity index (χ1v) is 11.4. The fourth-order valence-corrected chi connectivity index (χ4v) is 5.39. The summed E-state index contributed by atoms with van der Waals surface area (Å²) in [6.45, 7) is 6.95. The zero-order chi connectivity index (χ0) is 19.6. The molecule has 5 rings (SSSR count). The largest absolute Gasteiger partial charge is 0.379 e. The van der Waals surface area contributed by atoms with Crippen LogP contribution in [0.2, 0.25) is 0 Å². The van der Waals surface area contributed by atoms with Crippen LogP contribution in [0, 0.1) is 0 Å². The predicted molar refractivity (Wildman–Crippen MR) is 114 cm³/mol. The van der Waals surface area contributed by atoms with Crippen LogP contribution in [0.15, 0.2) is 29.1 Å². The SMILES string of the molecule is O=c1c2ccccc2nc(C2CCCN2CCN2CCOCC2)n1C1CCCC1. The average Bonchev–Trinajstić information content (AvgIpc) is 3.45. The number of morpholine rings is 1. The topological polar surface area (TPSA) is 50.6 Å². The van der Waals surface area contributed by atoms with E-state index in [2.05, 4.69) is 14.4 Å². The van der Waals surface area contributed by atoms with E-state index in [1.807, 2.05) is 24.3 Å². The molecule has 3 aliphatic rings. The summed E-state index contributed by atoms with van der Waals surface area (Å²) < 4.78 is 7.58. The molecular formula is C23H32N4O2. The van der Waals surface area contributed by atoms with Gasteiger partial charge in [-0.05, 0) is 44.4 Å². The maximum absolute atomic E-state index is 13.5. The Labute approximate surface area is 172 Å². The molecule has 2 saturated heterocycles. The number of benzene rings is 1. The number of hydrogen-bond acceptors (Lipinski definition) is 5. The van der Waals surface area contributed by atoms with Crippen molar-refractivity contribution in [3.8, 4) is 0 Å². The van der Waals surface area contributed by atoms with Crippen LogP contribution in [0.3, 0.4) is 0 Å². The molecule has 3 fully saturated rings. The number of ether oxygens (including phenoxy) is 1. The van der Waals surface area contributed by atoms with E-state index in [0.29, 0.717) is 6.04 Å². The Balaban J connectivity index is 1.47. The van der Waals surface area contributed by atoms with Gasteiger partial charge in [0.15, 0.2) is 0 Å². The first kappa shape index (κ1) is 19.2. The Morgan fingerprint density at radius 2 is 1.76 bits per heavy atom. The third-order valence-electron chi connectivity index (χ3n) is 6.99. The molecule has 1 aromatic carbocycles. The summed E-state index contributed by atoms with van der Waals surface area (Å²) in [4.78, 5) is 23.6. The van der Waals surface area contributed by atoms with Gasteiger partial charge in [-0.15, -0.1) is 0 Å². The highest BCUT2D eigenvalue weighted by Crippen LogP contribution is 2.36. The molecular weight excluding hydrogens is 364 g/mol. The second-order valence-corrected chi connectivity index (χ2v) is 8.75. The molecule has 29 heavy (non-hydrogen) atoms. The molecule has 1 saturated carbocycles. The molecule has 2 aromatic rings. The van der Waals surface area contributed by atoms with Gasteiger partial charge in [0.2, 0.25) is 0 Å². The van der Waals surface area contributed by atoms with Gasteiger partial charge in [-0.3, -0.25) is 19.2 Å². The summed E-state index contributed by atoms with van der Waals surface area (Å²) in [5.74, 6) is 1.01. The number of likely N-dealkylation sites (tertiary alicyclic amines) is 1. The highest BCUT2D eigenvalue weighted by molar-refractivity contribution is 5.77. The van der Waals surface area contributed by atoms with Crippen molar-refractivity contribution in [3.05, 3.63) is 40.4 Å². The number of para-hydroxylation sites is 1. The van der Waals surface area contributed by atoms with Crippen LogP contribution in [0.4, 0.5) is 0 Å². The smallest absolute Gasteiger partial charge is 0.261 e. The highest BCUT2D eigenvalue weighted by Gasteiger charge is 2.33. The molecule has 1 aliphatic carbocycles. The van der Waals surface area contributed by atoms with Crippen molar-refractivity contribution in [2.24, 2.45) is 0 Å². The summed E-state index contributed by atoms with van der Waals surface area (Å²) in [5.41, 5.74) is 1.01. The van der Waals surface area contributed by atoms with Gasteiger partial charge < -0.3 is 4.74 Å². The molecule has 1 atom stereocenters. The number of nitrogens with zero attached hydrogens (tertiary/aromatic N) is 4. The van der Waals surface area contributed by atoms with Gasteiger partial charge in [-0.1, -0.05) is 25.0 Å². The van der Waals surface area contributed by atoms with Crippen molar-refractivity contribution in [1.29, 1.82) is 0 Å². The highest BCUT2D eigenvalue weighted by atomic mass is 16.5. The van der Waals surface area contributed by atoms with E-state index >= 15 is 0 Å². The number of aromatic nitrogens is 2. The van der Waals surface area contributed by atoms with Crippen molar-refractivity contribution in [1.82, 2.24) is 19.4 Å². The molecule has 0 N–H and O–H groups in total. The summed E-state index contributed by atoms with van der Waals surface area (Å²) >= 11 is 0. The standard InChI is InChI=1S/C23H32N4O2/c28-23-19-8-3-4-9-20(19)24-22(27(23)18-6-1-2-7-18)21-10-5-11-26(21)13-12-25-14-16-29-17-15-25/h3-4,8-9,18,21H,1-2,5-7,10-17H2. The van der Waals surface area contributed by atoms with E-state index in [-0.39, 0.29) is 11.6 Å². The van der Waals surface area contributed by atoms with Gasteiger partial charge >= 0.3 is 0 Å². The second-order valence-electron chi connectivity index (χ2n) is 8.75. The third-order valence-corrected chi connectivity index (χ3v) is 6.99. The molecule has 0 bridgehead atoms. The number of hydrogen-bond donors (Lipinski definition) is 0. The maximum Gasteiger partial charge on any atom is 0.261 e. The zero-order valence-corrected chi connectivity index (χ0v) is 17.3.